The Kier molecular flexibility index (Phi) is 3.10. The molecule has 2 aliphatic rings. The van der Waals surface area contributed by atoms with Crippen molar-refractivity contribution in [1.82, 2.24) is 5.32 Å². The van der Waals surface area contributed by atoms with E-state index in [1.165, 1.54) is 0 Å². The molecule has 0 radical (unpaired) electrons. The predicted octanol–water partition coefficient (Wildman–Crippen LogP) is 1.21. The molecule has 84 valence electrons. The minimum absolute atomic E-state index is 0.0203. The average Bonchev–Trinajstić information content (AvgIpc) is 2.65. The minimum atomic E-state index is -0.0203. The van der Waals surface area contributed by atoms with Crippen molar-refractivity contribution < 1.29 is 9.53 Å². The van der Waals surface area contributed by atoms with E-state index in [0.717, 1.165) is 13.1 Å². The van der Waals surface area contributed by atoms with E-state index in [1.54, 1.807) is 0 Å². The van der Waals surface area contributed by atoms with Crippen LogP contribution < -0.4 is 5.32 Å². The Bertz CT molecular complexity index is 275. The molecule has 15 heavy (non-hydrogen) atoms. The fourth-order valence-corrected chi connectivity index (χ4v) is 2.78. The van der Waals surface area contributed by atoms with Gasteiger partial charge in [0.1, 0.15) is 0 Å². The quantitative estimate of drug-likeness (QED) is 0.548. The van der Waals surface area contributed by atoms with Crippen LogP contribution in [0, 0.1) is 23.7 Å². The molecule has 0 spiro atoms. The molecule has 1 saturated heterocycles. The van der Waals surface area contributed by atoms with Gasteiger partial charge in [0.15, 0.2) is 0 Å². The topological polar surface area (TPSA) is 38.3 Å². The predicted molar refractivity (Wildman–Crippen MR) is 58.3 cm³/mol. The lowest BCUT2D eigenvalue weighted by atomic mass is 9.73. The summed E-state index contributed by atoms with van der Waals surface area (Å²) in [5.74, 6) is 1.30. The zero-order chi connectivity index (χ0) is 10.8. The SMILES string of the molecule is CCOC(=O)[C@@H]1[C@H]2CNC[C@@H]2C=C[C@@H]1C. The number of hydrogen-bond acceptors (Lipinski definition) is 3. The monoisotopic (exact) mass is 209 g/mol. The molecule has 0 aromatic carbocycles. The fourth-order valence-electron chi connectivity index (χ4n) is 2.78. The lowest BCUT2D eigenvalue weighted by molar-refractivity contribution is -0.151. The summed E-state index contributed by atoms with van der Waals surface area (Å²) in [6, 6.07) is 0. The van der Waals surface area contributed by atoms with Crippen LogP contribution in [0.25, 0.3) is 0 Å². The van der Waals surface area contributed by atoms with E-state index in [1.807, 2.05) is 6.92 Å². The highest BCUT2D eigenvalue weighted by atomic mass is 16.5. The fraction of sp³-hybridized carbons (Fsp3) is 0.750. The lowest BCUT2D eigenvalue weighted by Crippen LogP contribution is -2.36. The Morgan fingerprint density at radius 1 is 1.47 bits per heavy atom. The maximum atomic E-state index is 11.9. The van der Waals surface area contributed by atoms with Gasteiger partial charge in [-0.3, -0.25) is 4.79 Å². The Morgan fingerprint density at radius 3 is 3.00 bits per heavy atom. The number of esters is 1. The van der Waals surface area contributed by atoms with Crippen molar-refractivity contribution in [1.29, 1.82) is 0 Å². The maximum absolute atomic E-state index is 11.9. The molecule has 0 aromatic heterocycles. The van der Waals surface area contributed by atoms with Gasteiger partial charge in [0.2, 0.25) is 0 Å². The van der Waals surface area contributed by atoms with Crippen LogP contribution in [0.4, 0.5) is 0 Å². The Labute approximate surface area is 90.9 Å². The number of allylic oxidation sites excluding steroid dienone is 1. The second-order valence-corrected chi connectivity index (χ2v) is 4.51. The summed E-state index contributed by atoms with van der Waals surface area (Å²) in [7, 11) is 0. The van der Waals surface area contributed by atoms with Gasteiger partial charge < -0.3 is 10.1 Å². The van der Waals surface area contributed by atoms with E-state index in [2.05, 4.69) is 24.4 Å². The molecule has 2 rings (SSSR count). The number of nitrogens with one attached hydrogen (secondary N) is 1. The molecular weight excluding hydrogens is 190 g/mol. The number of fused-ring (bicyclic) bond motifs is 1. The molecule has 1 aliphatic carbocycles. The molecule has 0 bridgehead atoms. The van der Waals surface area contributed by atoms with Gasteiger partial charge in [-0.2, -0.15) is 0 Å². The first-order valence-corrected chi connectivity index (χ1v) is 5.79. The Morgan fingerprint density at radius 2 is 2.27 bits per heavy atom. The van der Waals surface area contributed by atoms with Crippen LogP contribution in [0.15, 0.2) is 12.2 Å². The van der Waals surface area contributed by atoms with E-state index in [4.69, 9.17) is 4.74 Å². The molecule has 3 heteroatoms. The number of hydrogen-bond donors (Lipinski definition) is 1. The van der Waals surface area contributed by atoms with Crippen molar-refractivity contribution >= 4 is 5.97 Å². The zero-order valence-electron chi connectivity index (χ0n) is 9.40. The third-order valence-electron chi connectivity index (χ3n) is 3.56. The molecule has 1 heterocycles. The largest absolute Gasteiger partial charge is 0.466 e. The van der Waals surface area contributed by atoms with Crippen LogP contribution in [-0.2, 0) is 9.53 Å². The lowest BCUT2D eigenvalue weighted by Gasteiger charge is -2.32. The highest BCUT2D eigenvalue weighted by molar-refractivity contribution is 5.74. The smallest absolute Gasteiger partial charge is 0.309 e. The first-order chi connectivity index (χ1) is 7.24. The number of carbonyl (C=O) groups is 1. The number of carbonyl (C=O) groups excluding carboxylic acids is 1. The number of rotatable bonds is 2. The van der Waals surface area contributed by atoms with Gasteiger partial charge >= 0.3 is 5.97 Å². The van der Waals surface area contributed by atoms with Crippen molar-refractivity contribution in [3.8, 4) is 0 Å². The summed E-state index contributed by atoms with van der Waals surface area (Å²) in [4.78, 5) is 11.9. The average molecular weight is 209 g/mol. The van der Waals surface area contributed by atoms with Gasteiger partial charge in [-0.1, -0.05) is 19.1 Å². The zero-order valence-corrected chi connectivity index (χ0v) is 9.40. The van der Waals surface area contributed by atoms with Crippen LogP contribution in [0.3, 0.4) is 0 Å². The molecular formula is C12H19NO2. The first-order valence-electron chi connectivity index (χ1n) is 5.79. The minimum Gasteiger partial charge on any atom is -0.466 e. The molecule has 1 fully saturated rings. The summed E-state index contributed by atoms with van der Waals surface area (Å²) in [5, 5.41) is 3.35. The van der Waals surface area contributed by atoms with Gasteiger partial charge in [-0.05, 0) is 31.2 Å². The second kappa shape index (κ2) is 4.35. The summed E-state index contributed by atoms with van der Waals surface area (Å²) < 4.78 is 5.16. The van der Waals surface area contributed by atoms with Crippen LogP contribution in [-0.4, -0.2) is 25.7 Å². The van der Waals surface area contributed by atoms with Crippen molar-refractivity contribution in [2.45, 2.75) is 13.8 Å². The van der Waals surface area contributed by atoms with Gasteiger partial charge in [0.25, 0.3) is 0 Å². The number of ether oxygens (including phenoxy) is 1. The molecule has 0 saturated carbocycles. The van der Waals surface area contributed by atoms with E-state index >= 15 is 0 Å². The van der Waals surface area contributed by atoms with E-state index < -0.39 is 0 Å². The van der Waals surface area contributed by atoms with E-state index in [0.29, 0.717) is 24.4 Å². The van der Waals surface area contributed by atoms with Gasteiger partial charge in [-0.25, -0.2) is 0 Å². The molecule has 4 atom stereocenters. The molecule has 1 aliphatic heterocycles. The molecule has 0 amide bonds. The van der Waals surface area contributed by atoms with Crippen LogP contribution in [0.1, 0.15) is 13.8 Å². The first kappa shape index (κ1) is 10.7. The summed E-state index contributed by atoms with van der Waals surface area (Å²) in [6.45, 7) is 6.40. The summed E-state index contributed by atoms with van der Waals surface area (Å²) >= 11 is 0. The van der Waals surface area contributed by atoms with Crippen LogP contribution in [0.5, 0.6) is 0 Å². The van der Waals surface area contributed by atoms with Gasteiger partial charge in [0.05, 0.1) is 12.5 Å². The second-order valence-electron chi connectivity index (χ2n) is 4.51. The van der Waals surface area contributed by atoms with Crippen molar-refractivity contribution in [3.05, 3.63) is 12.2 Å². The highest BCUT2D eigenvalue weighted by Crippen LogP contribution is 2.36. The van der Waals surface area contributed by atoms with Gasteiger partial charge in [-0.15, -0.1) is 0 Å². The van der Waals surface area contributed by atoms with Gasteiger partial charge in [0, 0.05) is 6.54 Å². The maximum Gasteiger partial charge on any atom is 0.309 e. The third kappa shape index (κ3) is 1.93. The Hall–Kier alpha value is -0.830. The van der Waals surface area contributed by atoms with E-state index in [-0.39, 0.29) is 11.9 Å². The molecule has 0 aromatic rings. The van der Waals surface area contributed by atoms with Crippen molar-refractivity contribution in [2.24, 2.45) is 23.7 Å². The summed E-state index contributed by atoms with van der Waals surface area (Å²) in [6.07, 6.45) is 4.42. The Balaban J connectivity index is 2.14. The standard InChI is InChI=1S/C12H19NO2/c1-3-15-12(14)11-8(2)4-5-9-6-13-7-10(9)11/h4-5,8-11,13H,3,6-7H2,1-2H3/t8-,9-,10-,11-/m0/s1. The molecule has 3 nitrogen and oxygen atoms in total. The van der Waals surface area contributed by atoms with Crippen LogP contribution in [0.2, 0.25) is 0 Å². The molecule has 1 N–H and O–H groups in total. The van der Waals surface area contributed by atoms with Crippen molar-refractivity contribution in [3.63, 3.8) is 0 Å². The highest BCUT2D eigenvalue weighted by Gasteiger charge is 2.41. The third-order valence-corrected chi connectivity index (χ3v) is 3.56. The normalized spacial score (nSPS) is 38.8. The van der Waals surface area contributed by atoms with E-state index in [9.17, 15) is 4.79 Å². The summed E-state index contributed by atoms with van der Waals surface area (Å²) in [5.41, 5.74) is 0. The molecule has 0 unspecified atom stereocenters. The van der Waals surface area contributed by atoms with Crippen molar-refractivity contribution in [2.75, 3.05) is 19.7 Å². The van der Waals surface area contributed by atoms with Crippen LogP contribution >= 0.6 is 0 Å².